The molecule has 0 amide bonds. The number of carbonyl (C=O) groups is 2. The number of phenolic OH excluding ortho intramolecular Hbond substituents is 1. The molecule has 0 aliphatic carbocycles. The highest BCUT2D eigenvalue weighted by Crippen LogP contribution is 2.19. The number of ether oxygens (including phenoxy) is 1. The first-order chi connectivity index (χ1) is 10.6. The van der Waals surface area contributed by atoms with Gasteiger partial charge < -0.3 is 9.84 Å². The Kier molecular flexibility index (Phi) is 5.31. The summed E-state index contributed by atoms with van der Waals surface area (Å²) in [6.07, 6.45) is 0.195. The van der Waals surface area contributed by atoms with Crippen LogP contribution in [0.1, 0.15) is 22.8 Å². The highest BCUT2D eigenvalue weighted by atomic mass is 16.5. The van der Waals surface area contributed by atoms with Crippen LogP contribution in [0.5, 0.6) is 5.75 Å². The van der Waals surface area contributed by atoms with Crippen LogP contribution in [0.4, 0.5) is 0 Å². The molecule has 22 heavy (non-hydrogen) atoms. The molecule has 0 aromatic heterocycles. The Morgan fingerprint density at radius 3 is 2.45 bits per heavy atom. The monoisotopic (exact) mass is 298 g/mol. The maximum atomic E-state index is 12.6. The van der Waals surface area contributed by atoms with E-state index in [1.165, 1.54) is 0 Å². The van der Waals surface area contributed by atoms with Gasteiger partial charge in [-0.05, 0) is 31.0 Å². The van der Waals surface area contributed by atoms with Crippen molar-refractivity contribution < 1.29 is 19.4 Å². The molecule has 2 aromatic rings. The number of hydrogen-bond donors (Lipinski definition) is 1. The van der Waals surface area contributed by atoms with Crippen molar-refractivity contribution in [3.05, 3.63) is 65.7 Å². The highest BCUT2D eigenvalue weighted by molar-refractivity contribution is 6.08. The first-order valence-electron chi connectivity index (χ1n) is 7.15. The van der Waals surface area contributed by atoms with Crippen LogP contribution >= 0.6 is 0 Å². The molecule has 4 nitrogen and oxygen atoms in total. The highest BCUT2D eigenvalue weighted by Gasteiger charge is 2.29. The average molecular weight is 298 g/mol. The Labute approximate surface area is 129 Å². The summed E-state index contributed by atoms with van der Waals surface area (Å²) >= 11 is 0. The summed E-state index contributed by atoms with van der Waals surface area (Å²) in [4.78, 5) is 24.7. The third kappa shape index (κ3) is 3.95. The van der Waals surface area contributed by atoms with E-state index in [9.17, 15) is 14.7 Å². The van der Waals surface area contributed by atoms with Gasteiger partial charge in [-0.15, -0.1) is 0 Å². The van der Waals surface area contributed by atoms with Crippen molar-refractivity contribution in [2.24, 2.45) is 5.92 Å². The van der Waals surface area contributed by atoms with Crippen molar-refractivity contribution in [3.8, 4) is 5.75 Å². The van der Waals surface area contributed by atoms with E-state index >= 15 is 0 Å². The van der Waals surface area contributed by atoms with Crippen LogP contribution in [0.15, 0.2) is 54.6 Å². The molecule has 4 heteroatoms. The molecule has 1 unspecified atom stereocenters. The van der Waals surface area contributed by atoms with Crippen LogP contribution in [0.25, 0.3) is 0 Å². The summed E-state index contributed by atoms with van der Waals surface area (Å²) < 4.78 is 5.03. The van der Waals surface area contributed by atoms with Crippen LogP contribution < -0.4 is 0 Å². The Morgan fingerprint density at radius 1 is 1.09 bits per heavy atom. The predicted octanol–water partition coefficient (Wildman–Crippen LogP) is 3.00. The minimum Gasteiger partial charge on any atom is -0.508 e. The van der Waals surface area contributed by atoms with Gasteiger partial charge in [0, 0.05) is 5.56 Å². The smallest absolute Gasteiger partial charge is 0.317 e. The third-order valence-corrected chi connectivity index (χ3v) is 3.30. The molecule has 0 fully saturated rings. The van der Waals surface area contributed by atoms with E-state index in [0.29, 0.717) is 11.1 Å². The van der Waals surface area contributed by atoms with Crippen LogP contribution in [0, 0.1) is 5.92 Å². The number of carbonyl (C=O) groups excluding carboxylic acids is 2. The number of aromatic hydroxyl groups is 1. The standard InChI is InChI=1S/C18H18O4/c1-2-22-18(21)16(12-13-7-6-10-15(19)11-13)17(20)14-8-4-3-5-9-14/h3-11,16,19H,2,12H2,1H3. The number of phenols is 1. The maximum absolute atomic E-state index is 12.6. The second-order valence-electron chi connectivity index (χ2n) is 4.91. The normalized spacial score (nSPS) is 11.7. The minimum atomic E-state index is -0.913. The van der Waals surface area contributed by atoms with Gasteiger partial charge in [-0.1, -0.05) is 42.5 Å². The van der Waals surface area contributed by atoms with Crippen molar-refractivity contribution >= 4 is 11.8 Å². The lowest BCUT2D eigenvalue weighted by Gasteiger charge is -2.15. The molecule has 0 aliphatic rings. The second-order valence-corrected chi connectivity index (χ2v) is 4.91. The van der Waals surface area contributed by atoms with Crippen molar-refractivity contribution in [3.63, 3.8) is 0 Å². The fourth-order valence-electron chi connectivity index (χ4n) is 2.25. The molecule has 0 saturated carbocycles. The van der Waals surface area contributed by atoms with Crippen LogP contribution in [-0.4, -0.2) is 23.5 Å². The molecule has 0 saturated heterocycles. The number of Topliss-reactive ketones (excluding diaryl/α,β-unsaturated/α-hetero) is 1. The van der Waals surface area contributed by atoms with E-state index in [1.54, 1.807) is 55.5 Å². The molecule has 1 atom stereocenters. The summed E-state index contributed by atoms with van der Waals surface area (Å²) in [7, 11) is 0. The average Bonchev–Trinajstić information content (AvgIpc) is 2.53. The predicted molar refractivity (Wildman–Crippen MR) is 82.7 cm³/mol. The first-order valence-corrected chi connectivity index (χ1v) is 7.15. The largest absolute Gasteiger partial charge is 0.508 e. The first kappa shape index (κ1) is 15.8. The molecular formula is C18H18O4. The van der Waals surface area contributed by atoms with E-state index in [-0.39, 0.29) is 24.6 Å². The molecule has 2 aromatic carbocycles. The lowest BCUT2D eigenvalue weighted by Crippen LogP contribution is -2.28. The topological polar surface area (TPSA) is 63.6 Å². The van der Waals surface area contributed by atoms with Crippen molar-refractivity contribution in [2.45, 2.75) is 13.3 Å². The van der Waals surface area contributed by atoms with Crippen LogP contribution in [0.3, 0.4) is 0 Å². The number of rotatable bonds is 6. The lowest BCUT2D eigenvalue weighted by atomic mass is 9.91. The molecular weight excluding hydrogens is 280 g/mol. The van der Waals surface area contributed by atoms with Gasteiger partial charge in [0.15, 0.2) is 5.78 Å². The summed E-state index contributed by atoms with van der Waals surface area (Å²) in [6.45, 7) is 1.92. The summed E-state index contributed by atoms with van der Waals surface area (Å²) in [6, 6.07) is 15.2. The molecule has 0 heterocycles. The van der Waals surface area contributed by atoms with E-state index < -0.39 is 11.9 Å². The van der Waals surface area contributed by atoms with Gasteiger partial charge in [0.05, 0.1) is 6.61 Å². The Morgan fingerprint density at radius 2 is 1.82 bits per heavy atom. The third-order valence-electron chi connectivity index (χ3n) is 3.30. The Bertz CT molecular complexity index is 649. The second kappa shape index (κ2) is 7.41. The fraction of sp³-hybridized carbons (Fsp3) is 0.222. The van der Waals surface area contributed by atoms with Crippen molar-refractivity contribution in [1.82, 2.24) is 0 Å². The summed E-state index contributed by atoms with van der Waals surface area (Å²) in [5, 5.41) is 9.52. The Balaban J connectivity index is 2.26. The molecule has 0 bridgehead atoms. The van der Waals surface area contributed by atoms with Gasteiger partial charge >= 0.3 is 5.97 Å². The van der Waals surface area contributed by atoms with Gasteiger partial charge in [-0.25, -0.2) is 0 Å². The van der Waals surface area contributed by atoms with Gasteiger partial charge in [-0.2, -0.15) is 0 Å². The molecule has 114 valence electrons. The number of benzene rings is 2. The zero-order chi connectivity index (χ0) is 15.9. The van der Waals surface area contributed by atoms with Crippen LogP contribution in [-0.2, 0) is 16.0 Å². The van der Waals surface area contributed by atoms with Gasteiger partial charge in [0.25, 0.3) is 0 Å². The molecule has 0 aliphatic heterocycles. The fourth-order valence-corrected chi connectivity index (χ4v) is 2.25. The number of ketones is 1. The van der Waals surface area contributed by atoms with E-state index in [4.69, 9.17) is 4.74 Å². The molecule has 1 N–H and O–H groups in total. The Hall–Kier alpha value is -2.62. The zero-order valence-corrected chi connectivity index (χ0v) is 12.4. The zero-order valence-electron chi connectivity index (χ0n) is 12.4. The number of hydrogen-bond acceptors (Lipinski definition) is 4. The molecule has 0 spiro atoms. The number of esters is 1. The summed E-state index contributed by atoms with van der Waals surface area (Å²) in [5.41, 5.74) is 1.18. The summed E-state index contributed by atoms with van der Waals surface area (Å²) in [5.74, 6) is -1.63. The van der Waals surface area contributed by atoms with Crippen molar-refractivity contribution in [2.75, 3.05) is 6.61 Å². The van der Waals surface area contributed by atoms with Gasteiger partial charge in [0.2, 0.25) is 0 Å². The lowest BCUT2D eigenvalue weighted by molar-refractivity contribution is -0.146. The van der Waals surface area contributed by atoms with E-state index in [1.807, 2.05) is 6.07 Å². The van der Waals surface area contributed by atoms with Gasteiger partial charge in [-0.3, -0.25) is 9.59 Å². The molecule has 2 rings (SSSR count). The molecule has 0 radical (unpaired) electrons. The minimum absolute atomic E-state index is 0.104. The van der Waals surface area contributed by atoms with Gasteiger partial charge in [0.1, 0.15) is 11.7 Å². The quantitative estimate of drug-likeness (QED) is 0.506. The van der Waals surface area contributed by atoms with Crippen molar-refractivity contribution in [1.29, 1.82) is 0 Å². The van der Waals surface area contributed by atoms with Crippen LogP contribution in [0.2, 0.25) is 0 Å². The SMILES string of the molecule is CCOC(=O)C(Cc1cccc(O)c1)C(=O)c1ccccc1. The van der Waals surface area contributed by atoms with E-state index in [0.717, 1.165) is 0 Å². The van der Waals surface area contributed by atoms with E-state index in [2.05, 4.69) is 0 Å². The maximum Gasteiger partial charge on any atom is 0.317 e.